The number of carbonyl (C=O) groups is 2. The summed E-state index contributed by atoms with van der Waals surface area (Å²) in [5.41, 5.74) is 22.4. The van der Waals surface area contributed by atoms with E-state index in [1.54, 1.807) is 13.0 Å². The van der Waals surface area contributed by atoms with Crippen LogP contribution in [0, 0.1) is 20.8 Å². The minimum absolute atomic E-state index is 0.153. The van der Waals surface area contributed by atoms with Crippen molar-refractivity contribution in [2.75, 3.05) is 16.9 Å². The van der Waals surface area contributed by atoms with Crippen LogP contribution in [0.1, 0.15) is 16.7 Å². The lowest BCUT2D eigenvalue weighted by Gasteiger charge is -2.11. The second-order valence-corrected chi connectivity index (χ2v) is 12.4. The Balaban J connectivity index is 1.33. The van der Waals surface area contributed by atoms with Crippen LogP contribution in [0.25, 0.3) is 11.1 Å². The third kappa shape index (κ3) is 7.81. The molecule has 15 heteroatoms. The van der Waals surface area contributed by atoms with Gasteiger partial charge in [0.05, 0.1) is 39.0 Å². The molecule has 0 saturated heterocycles. The van der Waals surface area contributed by atoms with E-state index in [-0.39, 0.29) is 27.5 Å². The highest BCUT2D eigenvalue weighted by molar-refractivity contribution is 7.85. The quantitative estimate of drug-likeness (QED) is 0.0295. The number of carbonyl (C=O) groups excluding carboxylic acids is 1. The molecule has 0 fully saturated rings. The zero-order valence-electron chi connectivity index (χ0n) is 26.4. The summed E-state index contributed by atoms with van der Waals surface area (Å²) in [5, 5.41) is 30.5. The molecule has 1 aliphatic carbocycles. The summed E-state index contributed by atoms with van der Waals surface area (Å²) in [7, 11) is -4.33. The van der Waals surface area contributed by atoms with Gasteiger partial charge in [0.2, 0.25) is 0 Å². The molecule has 0 unspecified atom stereocenters. The Hall–Kier alpha value is -6.32. The summed E-state index contributed by atoms with van der Waals surface area (Å²) >= 11 is 0. The number of hydrogen-bond acceptors (Lipinski definition) is 12. The van der Waals surface area contributed by atoms with Gasteiger partial charge < -0.3 is 16.6 Å². The van der Waals surface area contributed by atoms with Crippen molar-refractivity contribution in [3.8, 4) is 11.1 Å². The van der Waals surface area contributed by atoms with Crippen LogP contribution in [-0.4, -0.2) is 35.5 Å². The van der Waals surface area contributed by atoms with Crippen LogP contribution in [0.4, 0.5) is 39.8 Å². The number of benzene rings is 4. The summed E-state index contributed by atoms with van der Waals surface area (Å²) < 4.78 is 31.7. The van der Waals surface area contributed by atoms with Gasteiger partial charge in [-0.25, -0.2) is 4.79 Å². The summed E-state index contributed by atoms with van der Waals surface area (Å²) in [6.07, 6.45) is 3.83. The van der Waals surface area contributed by atoms with Crippen LogP contribution < -0.4 is 16.9 Å². The lowest BCUT2D eigenvalue weighted by molar-refractivity contribution is -0.134. The number of aryl methyl sites for hydroxylation is 3. The first-order chi connectivity index (χ1) is 23.2. The maximum Gasteiger partial charge on any atom is 0.339 e. The fraction of sp³-hybridized carbons (Fsp3) is 0.0882. The number of nitrogens with one attached hydrogen (secondary N) is 1. The molecule has 0 heterocycles. The van der Waals surface area contributed by atoms with Gasteiger partial charge in [0.25, 0.3) is 10.1 Å². The Kier molecular flexibility index (Phi) is 9.59. The van der Waals surface area contributed by atoms with Crippen molar-refractivity contribution < 1.29 is 27.7 Å². The van der Waals surface area contributed by atoms with Crippen molar-refractivity contribution in [3.63, 3.8) is 0 Å². The van der Waals surface area contributed by atoms with E-state index >= 15 is 0 Å². The lowest BCUT2D eigenvalue weighted by Crippen LogP contribution is -2.16. The van der Waals surface area contributed by atoms with Crippen LogP contribution in [0.2, 0.25) is 0 Å². The number of anilines is 3. The number of carboxylic acids is 1. The van der Waals surface area contributed by atoms with E-state index in [0.29, 0.717) is 34.0 Å². The second kappa shape index (κ2) is 13.8. The van der Waals surface area contributed by atoms with E-state index in [1.807, 2.05) is 50.2 Å². The van der Waals surface area contributed by atoms with Gasteiger partial charge in [0.15, 0.2) is 5.78 Å². The highest BCUT2D eigenvalue weighted by Gasteiger charge is 2.19. The first-order valence-electron chi connectivity index (χ1n) is 14.5. The number of ketones is 1. The highest BCUT2D eigenvalue weighted by Crippen LogP contribution is 2.41. The van der Waals surface area contributed by atoms with E-state index in [9.17, 15) is 23.1 Å². The van der Waals surface area contributed by atoms with Gasteiger partial charge in [0.1, 0.15) is 16.9 Å². The number of allylic oxidation sites excluding steroid dienone is 3. The Morgan fingerprint density at radius 3 is 2.04 bits per heavy atom. The molecule has 4 aromatic carbocycles. The van der Waals surface area contributed by atoms with Gasteiger partial charge >= 0.3 is 5.97 Å². The van der Waals surface area contributed by atoms with Crippen molar-refractivity contribution in [2.45, 2.75) is 25.7 Å². The average Bonchev–Trinajstić information content (AvgIpc) is 3.06. The predicted octanol–water partition coefficient (Wildman–Crippen LogP) is 7.44. The first kappa shape index (κ1) is 34.0. The molecule has 0 amide bonds. The minimum Gasteiger partial charge on any atom is -0.478 e. The van der Waals surface area contributed by atoms with Gasteiger partial charge in [-0.2, -0.15) is 23.7 Å². The molecule has 0 atom stereocenters. The fourth-order valence-corrected chi connectivity index (χ4v) is 5.18. The number of hydrogen-bond donors (Lipinski definition) is 5. The molecule has 5 rings (SSSR count). The van der Waals surface area contributed by atoms with E-state index in [4.69, 9.17) is 16.0 Å². The van der Waals surface area contributed by atoms with Crippen LogP contribution in [0.3, 0.4) is 0 Å². The Morgan fingerprint density at radius 2 is 1.41 bits per heavy atom. The molecule has 0 aliphatic heterocycles. The maximum atomic E-state index is 11.7. The molecule has 0 saturated carbocycles. The van der Waals surface area contributed by atoms with Crippen molar-refractivity contribution >= 4 is 67.4 Å². The topological polar surface area (TPSA) is 235 Å². The Labute approximate surface area is 281 Å². The zero-order chi connectivity index (χ0) is 35.5. The average molecular weight is 679 g/mol. The summed E-state index contributed by atoms with van der Waals surface area (Å²) in [5.74, 6) is -1.90. The van der Waals surface area contributed by atoms with E-state index in [0.717, 1.165) is 22.3 Å². The van der Waals surface area contributed by atoms with Gasteiger partial charge in [-0.1, -0.05) is 12.1 Å². The zero-order valence-corrected chi connectivity index (χ0v) is 27.2. The number of azo groups is 2. The van der Waals surface area contributed by atoms with E-state index < -0.39 is 21.9 Å². The summed E-state index contributed by atoms with van der Waals surface area (Å²) in [4.78, 5) is 22.7. The Bertz CT molecular complexity index is 2270. The Morgan fingerprint density at radius 1 is 0.755 bits per heavy atom. The lowest BCUT2D eigenvalue weighted by atomic mass is 10.00. The number of carboxylic acid groups (broad SMARTS) is 1. The van der Waals surface area contributed by atoms with Gasteiger partial charge in [-0.05, 0) is 121 Å². The van der Waals surface area contributed by atoms with Crippen LogP contribution in [-0.2, 0) is 19.7 Å². The highest BCUT2D eigenvalue weighted by atomic mass is 32.2. The number of aliphatic carboxylic acids is 1. The number of nitrogen functional groups attached to an aromatic ring is 2. The maximum absolute atomic E-state index is 11.7. The van der Waals surface area contributed by atoms with Crippen molar-refractivity contribution in [1.82, 2.24) is 0 Å². The third-order valence-electron chi connectivity index (χ3n) is 7.49. The van der Waals surface area contributed by atoms with Crippen LogP contribution >= 0.6 is 0 Å². The third-order valence-corrected chi connectivity index (χ3v) is 8.35. The number of rotatable bonds is 9. The standard InChI is InChI=1S/C34H30N8O6S/c1-18-14-21(4-11-27(18)39-38-24-8-13-30(43)26(17-24)34(44)45)22-5-12-28(19(2)15-22)40-42-33-31(35)20(3)16-29(32(33)36)41-37-23-6-9-25(10-7-23)49(46,47)48/h4-17,39H,35-36H2,1-3H3,(H,44,45)(H,46,47,48)/b38-24+,41-37?,42-40?. The van der Waals surface area contributed by atoms with Crippen molar-refractivity contribution in [1.29, 1.82) is 0 Å². The number of nitrogens with two attached hydrogens (primary N) is 2. The molecule has 4 aromatic rings. The molecule has 49 heavy (non-hydrogen) atoms. The van der Waals surface area contributed by atoms with E-state index in [2.05, 4.69) is 31.0 Å². The smallest absolute Gasteiger partial charge is 0.339 e. The summed E-state index contributed by atoms with van der Waals surface area (Å²) in [6.45, 7) is 5.57. The van der Waals surface area contributed by atoms with Gasteiger partial charge in [-0.15, -0.1) is 10.2 Å². The number of nitrogens with zero attached hydrogens (tertiary/aromatic N) is 5. The second-order valence-electron chi connectivity index (χ2n) is 11.0. The minimum atomic E-state index is -4.33. The number of hydrazone groups is 1. The summed E-state index contributed by atoms with van der Waals surface area (Å²) in [6, 6.07) is 18.3. The largest absolute Gasteiger partial charge is 0.478 e. The van der Waals surface area contributed by atoms with Gasteiger partial charge in [-0.3, -0.25) is 14.8 Å². The monoisotopic (exact) mass is 678 g/mol. The fourth-order valence-electron chi connectivity index (χ4n) is 4.70. The van der Waals surface area contributed by atoms with Crippen molar-refractivity contribution in [2.24, 2.45) is 25.6 Å². The van der Waals surface area contributed by atoms with Crippen LogP contribution in [0.5, 0.6) is 0 Å². The molecule has 0 bridgehead atoms. The molecule has 0 radical (unpaired) electrons. The van der Waals surface area contributed by atoms with E-state index in [1.165, 1.54) is 42.5 Å². The molecule has 0 aromatic heterocycles. The molecule has 1 aliphatic rings. The first-order valence-corrected chi connectivity index (χ1v) is 16.0. The molecular formula is C34H30N8O6S. The molecule has 248 valence electrons. The molecular weight excluding hydrogens is 648 g/mol. The normalized spacial score (nSPS) is 14.2. The molecule has 0 spiro atoms. The SMILES string of the molecule is Cc1cc(-c2ccc(N/N=C3\C=CC(=O)C(C(=O)O)=C3)c(C)c2)ccc1N=Nc1c(N)c(C)cc(N=Nc2ccc(S(=O)(=O)O)cc2)c1N. The van der Waals surface area contributed by atoms with Crippen LogP contribution in [0.15, 0.2) is 121 Å². The molecule has 14 nitrogen and oxygen atoms in total. The van der Waals surface area contributed by atoms with Gasteiger partial charge in [0, 0.05) is 0 Å². The predicted molar refractivity (Wildman–Crippen MR) is 187 cm³/mol. The van der Waals surface area contributed by atoms with Crippen molar-refractivity contribution in [3.05, 3.63) is 107 Å². The molecule has 7 N–H and O–H groups in total.